The molecule has 8 heteroatoms. The van der Waals surface area contributed by atoms with E-state index in [9.17, 15) is 14.0 Å². The van der Waals surface area contributed by atoms with Gasteiger partial charge in [-0.2, -0.15) is 0 Å². The summed E-state index contributed by atoms with van der Waals surface area (Å²) >= 11 is 0. The van der Waals surface area contributed by atoms with Gasteiger partial charge in [0.25, 0.3) is 0 Å². The molecule has 150 valence electrons. The standard InChI is InChI=1S/C19H27FN4O2.ClH/c20-15-2-4-16(5-3-15)22-19(26)23-17-9-12-24(13-17)18(25)6-1-14-7-10-21-11-8-14;/h2-5,14,17,21H,1,6-13H2,(H2,22,23,26);1H. The number of amides is 3. The number of likely N-dealkylation sites (tertiary alicyclic amines) is 1. The summed E-state index contributed by atoms with van der Waals surface area (Å²) < 4.78 is 12.9. The van der Waals surface area contributed by atoms with Crippen LogP contribution in [0.5, 0.6) is 0 Å². The Balaban J connectivity index is 0.00000261. The predicted octanol–water partition coefficient (Wildman–Crippen LogP) is 2.75. The molecule has 3 rings (SSSR count). The first kappa shape index (κ1) is 21.4. The van der Waals surface area contributed by atoms with Crippen molar-refractivity contribution in [2.75, 3.05) is 31.5 Å². The van der Waals surface area contributed by atoms with E-state index in [1.54, 1.807) is 0 Å². The highest BCUT2D eigenvalue weighted by Gasteiger charge is 2.27. The lowest BCUT2D eigenvalue weighted by atomic mass is 9.93. The van der Waals surface area contributed by atoms with Crippen LogP contribution >= 0.6 is 12.4 Å². The van der Waals surface area contributed by atoms with E-state index in [-0.39, 0.29) is 36.2 Å². The lowest BCUT2D eigenvalue weighted by Gasteiger charge is -2.23. The minimum Gasteiger partial charge on any atom is -0.341 e. The van der Waals surface area contributed by atoms with E-state index in [4.69, 9.17) is 0 Å². The largest absolute Gasteiger partial charge is 0.341 e. The third-order valence-corrected chi connectivity index (χ3v) is 5.20. The fourth-order valence-electron chi connectivity index (χ4n) is 3.65. The SMILES string of the molecule is Cl.O=C(Nc1ccc(F)cc1)NC1CCN(C(=O)CCC2CCNCC2)C1. The maximum absolute atomic E-state index is 12.9. The van der Waals surface area contributed by atoms with Gasteiger partial charge in [0.1, 0.15) is 5.82 Å². The van der Waals surface area contributed by atoms with Crippen LogP contribution in [0.15, 0.2) is 24.3 Å². The molecule has 0 saturated carbocycles. The summed E-state index contributed by atoms with van der Waals surface area (Å²) in [5, 5.41) is 8.91. The molecule has 0 aromatic heterocycles. The zero-order valence-electron chi connectivity index (χ0n) is 15.4. The number of benzene rings is 1. The van der Waals surface area contributed by atoms with Crippen molar-refractivity contribution in [1.29, 1.82) is 0 Å². The molecule has 0 bridgehead atoms. The monoisotopic (exact) mass is 398 g/mol. The molecular formula is C19H28ClFN4O2. The predicted molar refractivity (Wildman–Crippen MR) is 106 cm³/mol. The highest BCUT2D eigenvalue weighted by molar-refractivity contribution is 5.89. The van der Waals surface area contributed by atoms with E-state index in [1.165, 1.54) is 24.3 Å². The van der Waals surface area contributed by atoms with Gasteiger partial charge in [-0.3, -0.25) is 4.79 Å². The Morgan fingerprint density at radius 3 is 2.56 bits per heavy atom. The van der Waals surface area contributed by atoms with E-state index in [1.807, 2.05) is 4.90 Å². The molecule has 1 aromatic carbocycles. The molecule has 3 N–H and O–H groups in total. The molecule has 6 nitrogen and oxygen atoms in total. The lowest BCUT2D eigenvalue weighted by molar-refractivity contribution is -0.130. The number of hydrogen-bond donors (Lipinski definition) is 3. The van der Waals surface area contributed by atoms with Crippen LogP contribution in [0.25, 0.3) is 0 Å². The van der Waals surface area contributed by atoms with Gasteiger partial charge >= 0.3 is 6.03 Å². The number of nitrogens with zero attached hydrogens (tertiary/aromatic N) is 1. The number of carbonyl (C=O) groups excluding carboxylic acids is 2. The van der Waals surface area contributed by atoms with Crippen molar-refractivity contribution in [3.63, 3.8) is 0 Å². The van der Waals surface area contributed by atoms with Gasteiger partial charge in [-0.15, -0.1) is 12.4 Å². The number of halogens is 2. The quantitative estimate of drug-likeness (QED) is 0.714. The molecule has 2 fully saturated rings. The fourth-order valence-corrected chi connectivity index (χ4v) is 3.65. The highest BCUT2D eigenvalue weighted by atomic mass is 35.5. The van der Waals surface area contributed by atoms with Gasteiger partial charge in [0.2, 0.25) is 5.91 Å². The van der Waals surface area contributed by atoms with Crippen LogP contribution in [0.2, 0.25) is 0 Å². The maximum atomic E-state index is 12.9. The summed E-state index contributed by atoms with van der Waals surface area (Å²) in [5.74, 6) is 0.496. The molecule has 1 atom stereocenters. The van der Waals surface area contributed by atoms with Crippen LogP contribution in [0.4, 0.5) is 14.9 Å². The van der Waals surface area contributed by atoms with E-state index < -0.39 is 0 Å². The summed E-state index contributed by atoms with van der Waals surface area (Å²) in [6, 6.07) is 5.26. The Morgan fingerprint density at radius 1 is 1.15 bits per heavy atom. The lowest BCUT2D eigenvalue weighted by Crippen LogP contribution is -2.40. The van der Waals surface area contributed by atoms with Gasteiger partial charge in [-0.05, 0) is 69.0 Å². The molecule has 0 spiro atoms. The summed E-state index contributed by atoms with van der Waals surface area (Å²) in [6.07, 6.45) is 4.62. The molecule has 1 unspecified atom stereocenters. The number of carbonyl (C=O) groups is 2. The van der Waals surface area contributed by atoms with Gasteiger partial charge in [0.05, 0.1) is 0 Å². The van der Waals surface area contributed by atoms with E-state index in [0.29, 0.717) is 31.1 Å². The van der Waals surface area contributed by atoms with Crippen LogP contribution in [-0.4, -0.2) is 49.1 Å². The number of nitrogens with one attached hydrogen (secondary N) is 3. The Morgan fingerprint density at radius 2 is 1.85 bits per heavy atom. The van der Waals surface area contributed by atoms with E-state index >= 15 is 0 Å². The summed E-state index contributed by atoms with van der Waals surface area (Å²) in [6.45, 7) is 3.35. The third kappa shape index (κ3) is 6.66. The molecule has 0 aliphatic carbocycles. The van der Waals surface area contributed by atoms with Gasteiger partial charge in [0.15, 0.2) is 0 Å². The molecule has 0 radical (unpaired) electrons. The topological polar surface area (TPSA) is 73.5 Å². The Kier molecular flexibility index (Phi) is 8.31. The summed E-state index contributed by atoms with van der Waals surface area (Å²) in [4.78, 5) is 26.3. The van der Waals surface area contributed by atoms with E-state index in [0.717, 1.165) is 38.8 Å². The third-order valence-electron chi connectivity index (χ3n) is 5.20. The van der Waals surface area contributed by atoms with Crippen LogP contribution in [0, 0.1) is 11.7 Å². The van der Waals surface area contributed by atoms with Crippen LogP contribution in [0.1, 0.15) is 32.1 Å². The summed E-state index contributed by atoms with van der Waals surface area (Å²) in [7, 11) is 0. The van der Waals surface area contributed by atoms with Crippen molar-refractivity contribution in [2.45, 2.75) is 38.1 Å². The molecule has 2 heterocycles. The Hall–Kier alpha value is -1.86. The second-order valence-corrected chi connectivity index (χ2v) is 7.16. The zero-order chi connectivity index (χ0) is 18.4. The van der Waals surface area contributed by atoms with Crippen molar-refractivity contribution in [1.82, 2.24) is 15.5 Å². The van der Waals surface area contributed by atoms with Gasteiger partial charge in [-0.1, -0.05) is 0 Å². The van der Waals surface area contributed by atoms with Crippen molar-refractivity contribution in [3.05, 3.63) is 30.1 Å². The molecule has 2 saturated heterocycles. The van der Waals surface area contributed by atoms with Gasteiger partial charge in [0, 0.05) is 31.2 Å². The molecule has 3 amide bonds. The number of urea groups is 1. The average Bonchev–Trinajstić information content (AvgIpc) is 3.11. The second kappa shape index (κ2) is 10.5. The first-order chi connectivity index (χ1) is 12.6. The Labute approximate surface area is 165 Å². The normalized spacial score (nSPS) is 20.0. The average molecular weight is 399 g/mol. The van der Waals surface area contributed by atoms with Gasteiger partial charge in [-0.25, -0.2) is 9.18 Å². The van der Waals surface area contributed by atoms with Crippen molar-refractivity contribution < 1.29 is 14.0 Å². The highest BCUT2D eigenvalue weighted by Crippen LogP contribution is 2.20. The minimum absolute atomic E-state index is 0. The molecule has 27 heavy (non-hydrogen) atoms. The van der Waals surface area contributed by atoms with Crippen LogP contribution in [-0.2, 0) is 4.79 Å². The maximum Gasteiger partial charge on any atom is 0.319 e. The van der Waals surface area contributed by atoms with Crippen molar-refractivity contribution in [2.24, 2.45) is 5.92 Å². The minimum atomic E-state index is -0.342. The second-order valence-electron chi connectivity index (χ2n) is 7.16. The zero-order valence-corrected chi connectivity index (χ0v) is 16.2. The Bertz CT molecular complexity index is 623. The van der Waals surface area contributed by atoms with Gasteiger partial charge < -0.3 is 20.9 Å². The smallest absolute Gasteiger partial charge is 0.319 e. The molecule has 2 aliphatic heterocycles. The fraction of sp³-hybridized carbons (Fsp3) is 0.579. The number of anilines is 1. The van der Waals surface area contributed by atoms with E-state index in [2.05, 4.69) is 16.0 Å². The first-order valence-electron chi connectivity index (χ1n) is 9.42. The number of rotatable bonds is 5. The molecular weight excluding hydrogens is 371 g/mol. The van der Waals surface area contributed by atoms with Crippen molar-refractivity contribution >= 4 is 30.0 Å². The van der Waals surface area contributed by atoms with Crippen molar-refractivity contribution in [3.8, 4) is 0 Å². The first-order valence-corrected chi connectivity index (χ1v) is 9.42. The molecule has 2 aliphatic rings. The van der Waals surface area contributed by atoms with Crippen LogP contribution < -0.4 is 16.0 Å². The molecule has 1 aromatic rings. The number of piperidine rings is 1. The summed E-state index contributed by atoms with van der Waals surface area (Å²) in [5.41, 5.74) is 0.539. The number of hydrogen-bond acceptors (Lipinski definition) is 3. The van der Waals surface area contributed by atoms with Crippen LogP contribution in [0.3, 0.4) is 0 Å².